The minimum Gasteiger partial charge on any atom is -0.384 e. The van der Waals surface area contributed by atoms with Crippen molar-refractivity contribution in [3.8, 4) is 11.1 Å². The summed E-state index contributed by atoms with van der Waals surface area (Å²) in [5, 5.41) is 18.1. The van der Waals surface area contributed by atoms with E-state index in [1.165, 1.54) is 12.1 Å². The molecule has 0 aliphatic carbocycles. The average molecular weight is 466 g/mol. The quantitative estimate of drug-likeness (QED) is 0.192. The summed E-state index contributed by atoms with van der Waals surface area (Å²) < 4.78 is 23.6. The van der Waals surface area contributed by atoms with Gasteiger partial charge in [-0.1, -0.05) is 42.5 Å². The van der Waals surface area contributed by atoms with Crippen molar-refractivity contribution in [2.45, 2.75) is 4.90 Å². The Morgan fingerprint density at radius 3 is 1.97 bits per heavy atom. The SMILES string of the molecule is N=C(N)c1cccc(C(=O)NCCNC(=O)c2ccc(-c3ccccc3S(N)(=O)=O)cc2)c1. The van der Waals surface area contributed by atoms with Gasteiger partial charge in [0.1, 0.15) is 5.84 Å². The molecule has 3 aromatic rings. The Kier molecular flexibility index (Phi) is 7.21. The minimum atomic E-state index is -3.89. The molecule has 0 spiro atoms. The van der Waals surface area contributed by atoms with Gasteiger partial charge in [-0.15, -0.1) is 0 Å². The van der Waals surface area contributed by atoms with Crippen LogP contribution in [0.5, 0.6) is 0 Å². The molecule has 7 N–H and O–H groups in total. The van der Waals surface area contributed by atoms with Crippen molar-refractivity contribution in [2.75, 3.05) is 13.1 Å². The lowest BCUT2D eigenvalue weighted by Crippen LogP contribution is -2.34. The number of amidine groups is 1. The number of nitrogens with two attached hydrogens (primary N) is 2. The van der Waals surface area contributed by atoms with E-state index in [1.807, 2.05) is 0 Å². The van der Waals surface area contributed by atoms with Gasteiger partial charge in [0, 0.05) is 35.3 Å². The Morgan fingerprint density at radius 2 is 1.36 bits per heavy atom. The molecule has 0 unspecified atom stereocenters. The molecule has 0 radical (unpaired) electrons. The summed E-state index contributed by atoms with van der Waals surface area (Å²) in [6, 6.07) is 19.2. The lowest BCUT2D eigenvalue weighted by Gasteiger charge is -2.10. The lowest BCUT2D eigenvalue weighted by molar-refractivity contribution is 0.0927. The van der Waals surface area contributed by atoms with Crippen molar-refractivity contribution in [2.24, 2.45) is 10.9 Å². The molecule has 0 bridgehead atoms. The standard InChI is InChI=1S/C23H23N5O4S/c24-21(25)17-4-3-5-18(14-17)23(30)28-13-12-27-22(29)16-10-8-15(9-11-16)19-6-1-2-7-20(19)33(26,31)32/h1-11,14H,12-13H2,(H3,24,25)(H,27,29)(H,28,30)(H2,26,31,32). The van der Waals surface area contributed by atoms with Crippen LogP contribution in [0.1, 0.15) is 26.3 Å². The van der Waals surface area contributed by atoms with Crippen LogP contribution in [-0.2, 0) is 10.0 Å². The Balaban J connectivity index is 1.56. The Hall–Kier alpha value is -4.02. The number of benzene rings is 3. The first kappa shape index (κ1) is 23.6. The highest BCUT2D eigenvalue weighted by molar-refractivity contribution is 7.89. The molecule has 0 heterocycles. The number of carbonyl (C=O) groups excluding carboxylic acids is 2. The predicted molar refractivity (Wildman–Crippen MR) is 125 cm³/mol. The van der Waals surface area contributed by atoms with Crippen molar-refractivity contribution < 1.29 is 18.0 Å². The van der Waals surface area contributed by atoms with Crippen LogP contribution in [0.3, 0.4) is 0 Å². The minimum absolute atomic E-state index is 0.00628. The summed E-state index contributed by atoms with van der Waals surface area (Å²) in [6.07, 6.45) is 0. The van der Waals surface area contributed by atoms with Crippen LogP contribution in [0, 0.1) is 5.41 Å². The summed E-state index contributed by atoms with van der Waals surface area (Å²) in [7, 11) is -3.89. The lowest BCUT2D eigenvalue weighted by atomic mass is 10.0. The number of amides is 2. The molecule has 0 saturated carbocycles. The van der Waals surface area contributed by atoms with Crippen molar-refractivity contribution in [3.63, 3.8) is 0 Å². The maximum Gasteiger partial charge on any atom is 0.251 e. The van der Waals surface area contributed by atoms with Crippen LogP contribution in [0.25, 0.3) is 11.1 Å². The van der Waals surface area contributed by atoms with Gasteiger partial charge in [0.25, 0.3) is 11.8 Å². The second-order valence-corrected chi connectivity index (χ2v) is 8.65. The van der Waals surface area contributed by atoms with Crippen molar-refractivity contribution in [1.29, 1.82) is 5.41 Å². The zero-order valence-corrected chi connectivity index (χ0v) is 18.4. The first-order valence-corrected chi connectivity index (χ1v) is 11.4. The van der Waals surface area contributed by atoms with E-state index < -0.39 is 10.0 Å². The van der Waals surface area contributed by atoms with E-state index in [2.05, 4.69) is 10.6 Å². The molecule has 0 atom stereocenters. The number of hydrogen-bond acceptors (Lipinski definition) is 5. The number of hydrogen-bond donors (Lipinski definition) is 5. The van der Waals surface area contributed by atoms with E-state index >= 15 is 0 Å². The molecule has 0 aliphatic rings. The van der Waals surface area contributed by atoms with E-state index in [-0.39, 0.29) is 35.6 Å². The molecule has 3 aromatic carbocycles. The van der Waals surface area contributed by atoms with Gasteiger partial charge < -0.3 is 16.4 Å². The molecule has 2 amide bonds. The molecular weight excluding hydrogens is 442 g/mol. The molecule has 3 rings (SSSR count). The Labute approximate surface area is 191 Å². The van der Waals surface area contributed by atoms with E-state index in [1.54, 1.807) is 60.7 Å². The zero-order valence-electron chi connectivity index (χ0n) is 17.5. The van der Waals surface area contributed by atoms with Crippen LogP contribution < -0.4 is 21.5 Å². The van der Waals surface area contributed by atoms with Gasteiger partial charge in [-0.25, -0.2) is 13.6 Å². The van der Waals surface area contributed by atoms with Crippen molar-refractivity contribution in [1.82, 2.24) is 10.6 Å². The molecule has 0 fully saturated rings. The number of rotatable bonds is 8. The zero-order chi connectivity index (χ0) is 24.0. The highest BCUT2D eigenvalue weighted by atomic mass is 32.2. The first-order chi connectivity index (χ1) is 15.7. The van der Waals surface area contributed by atoms with Gasteiger partial charge >= 0.3 is 0 Å². The Bertz CT molecular complexity index is 1300. The average Bonchev–Trinajstić information content (AvgIpc) is 2.81. The Morgan fingerprint density at radius 1 is 0.788 bits per heavy atom. The number of sulfonamides is 1. The monoisotopic (exact) mass is 465 g/mol. The summed E-state index contributed by atoms with van der Waals surface area (Å²) in [5.74, 6) is -0.810. The maximum atomic E-state index is 12.4. The summed E-state index contributed by atoms with van der Waals surface area (Å²) in [6.45, 7) is 0.404. The van der Waals surface area contributed by atoms with E-state index in [0.717, 1.165) is 0 Å². The maximum absolute atomic E-state index is 12.4. The van der Waals surface area contributed by atoms with Gasteiger partial charge in [-0.05, 0) is 35.9 Å². The van der Waals surface area contributed by atoms with E-state index in [9.17, 15) is 18.0 Å². The largest absolute Gasteiger partial charge is 0.384 e. The topological polar surface area (TPSA) is 168 Å². The molecular formula is C23H23N5O4S. The molecule has 10 heteroatoms. The van der Waals surface area contributed by atoms with E-state index in [4.69, 9.17) is 16.3 Å². The van der Waals surface area contributed by atoms with Gasteiger partial charge in [0.2, 0.25) is 10.0 Å². The molecule has 170 valence electrons. The highest BCUT2D eigenvalue weighted by Gasteiger charge is 2.15. The summed E-state index contributed by atoms with van der Waals surface area (Å²) >= 11 is 0. The predicted octanol–water partition coefficient (Wildman–Crippen LogP) is 1.44. The van der Waals surface area contributed by atoms with Gasteiger partial charge in [-0.2, -0.15) is 0 Å². The van der Waals surface area contributed by atoms with Gasteiger partial charge in [0.15, 0.2) is 0 Å². The van der Waals surface area contributed by atoms with Crippen LogP contribution >= 0.6 is 0 Å². The third kappa shape index (κ3) is 6.03. The van der Waals surface area contributed by atoms with Crippen LogP contribution in [0.15, 0.2) is 77.7 Å². The number of carbonyl (C=O) groups is 2. The fourth-order valence-electron chi connectivity index (χ4n) is 3.14. The molecule has 33 heavy (non-hydrogen) atoms. The fraction of sp³-hybridized carbons (Fsp3) is 0.0870. The number of primary sulfonamides is 1. The molecule has 0 aliphatic heterocycles. The summed E-state index contributed by atoms with van der Waals surface area (Å²) in [4.78, 5) is 24.6. The molecule has 9 nitrogen and oxygen atoms in total. The normalized spacial score (nSPS) is 10.9. The second kappa shape index (κ2) is 10.1. The van der Waals surface area contributed by atoms with Crippen LogP contribution in [0.4, 0.5) is 0 Å². The molecule has 0 saturated heterocycles. The van der Waals surface area contributed by atoms with Crippen molar-refractivity contribution in [3.05, 3.63) is 89.5 Å². The van der Waals surface area contributed by atoms with Gasteiger partial charge in [0.05, 0.1) is 4.90 Å². The second-order valence-electron chi connectivity index (χ2n) is 7.12. The fourth-order valence-corrected chi connectivity index (χ4v) is 3.90. The summed E-state index contributed by atoms with van der Waals surface area (Å²) in [5.41, 5.74) is 7.69. The number of nitrogen functional groups attached to an aromatic ring is 1. The first-order valence-electron chi connectivity index (χ1n) is 9.90. The van der Waals surface area contributed by atoms with E-state index in [0.29, 0.717) is 27.8 Å². The van der Waals surface area contributed by atoms with Gasteiger partial charge in [-0.3, -0.25) is 15.0 Å². The van der Waals surface area contributed by atoms with Crippen LogP contribution in [-0.4, -0.2) is 39.2 Å². The highest BCUT2D eigenvalue weighted by Crippen LogP contribution is 2.26. The third-order valence-electron chi connectivity index (χ3n) is 4.78. The number of nitrogens with one attached hydrogen (secondary N) is 3. The van der Waals surface area contributed by atoms with Crippen molar-refractivity contribution >= 4 is 27.7 Å². The molecule has 0 aromatic heterocycles. The third-order valence-corrected chi connectivity index (χ3v) is 5.75. The smallest absolute Gasteiger partial charge is 0.251 e. The van der Waals surface area contributed by atoms with Crippen LogP contribution in [0.2, 0.25) is 0 Å².